The second kappa shape index (κ2) is 39.8. The van der Waals surface area contributed by atoms with Gasteiger partial charge in [-0.25, -0.2) is 13.9 Å². The molecule has 0 saturated carbocycles. The number of nitrogens with two attached hydrogens (primary N) is 1. The van der Waals surface area contributed by atoms with E-state index in [0.717, 1.165) is 94.2 Å². The molecule has 1 aromatic heterocycles. The van der Waals surface area contributed by atoms with E-state index in [1.165, 1.54) is 44.6 Å². The highest BCUT2D eigenvalue weighted by atomic mass is 31.3. The number of esters is 2. The van der Waals surface area contributed by atoms with Gasteiger partial charge in [-0.3, -0.25) is 23.2 Å². The van der Waals surface area contributed by atoms with Gasteiger partial charge >= 0.3 is 33.3 Å². The summed E-state index contributed by atoms with van der Waals surface area (Å²) >= 11 is 0. The number of aliphatic hydroxyl groups is 3. The summed E-state index contributed by atoms with van der Waals surface area (Å²) in [7, 11) is -10.9. The number of ether oxygens (including phenoxy) is 3. The number of nitrogen functional groups attached to an aromatic ring is 1. The molecular weight excluding hydrogens is 985 g/mol. The zero-order valence-corrected chi connectivity index (χ0v) is 45.1. The Morgan fingerprint density at radius 1 is 0.726 bits per heavy atom. The Balaban J connectivity index is 1.83. The number of hydrogen-bond acceptors (Lipinski definition) is 16. The van der Waals surface area contributed by atoms with Gasteiger partial charge in [0.1, 0.15) is 30.7 Å². The molecule has 0 amide bonds. The highest BCUT2D eigenvalue weighted by Crippen LogP contribution is 2.60. The van der Waals surface area contributed by atoms with Crippen molar-refractivity contribution in [3.63, 3.8) is 0 Å². The van der Waals surface area contributed by atoms with Crippen molar-refractivity contribution in [2.75, 3.05) is 25.6 Å². The first-order valence-electron chi connectivity index (χ1n) is 26.4. The lowest BCUT2D eigenvalue weighted by Gasteiger charge is -2.21. The van der Waals surface area contributed by atoms with E-state index in [-0.39, 0.29) is 18.7 Å². The van der Waals surface area contributed by atoms with E-state index in [2.05, 4.69) is 35.3 Å². The maximum Gasteiger partial charge on any atom is 0.481 e. The third kappa shape index (κ3) is 32.5. The van der Waals surface area contributed by atoms with Crippen LogP contribution in [-0.2, 0) is 46.3 Å². The van der Waals surface area contributed by atoms with Gasteiger partial charge in [0.2, 0.25) is 0 Å². The maximum atomic E-state index is 12.9. The van der Waals surface area contributed by atoms with Gasteiger partial charge in [-0.2, -0.15) is 9.29 Å². The fourth-order valence-corrected chi connectivity index (χ4v) is 9.64. The van der Waals surface area contributed by atoms with E-state index in [9.17, 15) is 48.6 Å². The van der Waals surface area contributed by atoms with Crippen LogP contribution in [0.25, 0.3) is 0 Å². The number of aliphatic hydroxyl groups excluding tert-OH is 3. The van der Waals surface area contributed by atoms with Gasteiger partial charge in [0.15, 0.2) is 12.3 Å². The molecule has 2 rings (SSSR count). The number of unbranched alkanes of at least 4 members (excludes halogenated alkanes) is 16. The zero-order valence-electron chi connectivity index (χ0n) is 43.3. The summed E-state index contributed by atoms with van der Waals surface area (Å²) in [5.74, 6) is -1.40. The van der Waals surface area contributed by atoms with Gasteiger partial charge in [0, 0.05) is 19.0 Å². The van der Waals surface area contributed by atoms with Crippen molar-refractivity contribution in [3.8, 4) is 0 Å². The molecule has 73 heavy (non-hydrogen) atoms. The number of carbonyl (C=O) groups is 2. The highest BCUT2D eigenvalue weighted by Gasteiger charge is 2.46. The van der Waals surface area contributed by atoms with Crippen molar-refractivity contribution in [2.24, 2.45) is 0 Å². The summed E-state index contributed by atoms with van der Waals surface area (Å²) in [5.41, 5.74) is 4.58. The van der Waals surface area contributed by atoms with Crippen molar-refractivity contribution in [2.45, 2.75) is 211 Å². The largest absolute Gasteiger partial charge is 0.481 e. The van der Waals surface area contributed by atoms with Crippen LogP contribution in [0, 0.1) is 0 Å². The summed E-state index contributed by atoms with van der Waals surface area (Å²) < 4.78 is 56.7. The summed E-state index contributed by atoms with van der Waals surface area (Å²) in [5, 5.41) is 30.9. The van der Waals surface area contributed by atoms with Crippen LogP contribution in [0.15, 0.2) is 77.8 Å². The van der Waals surface area contributed by atoms with Crippen LogP contribution < -0.4 is 11.4 Å². The van der Waals surface area contributed by atoms with E-state index < -0.39 is 89.8 Å². The zero-order chi connectivity index (χ0) is 53.6. The summed E-state index contributed by atoms with van der Waals surface area (Å²) in [6.07, 6.45) is 36.2. The minimum atomic E-state index is -5.45. The molecule has 1 aliphatic heterocycles. The van der Waals surface area contributed by atoms with Crippen LogP contribution in [0.5, 0.6) is 0 Å². The summed E-state index contributed by atoms with van der Waals surface area (Å²) in [6, 6.07) is 1.24. The molecule has 8 atom stereocenters. The molecule has 0 radical (unpaired) electrons. The van der Waals surface area contributed by atoms with E-state index in [1.54, 1.807) is 6.08 Å². The van der Waals surface area contributed by atoms with Crippen LogP contribution in [0.3, 0.4) is 0 Å². The minimum absolute atomic E-state index is 0.0226. The number of carbonyl (C=O) groups excluding carboxylic acids is 2. The van der Waals surface area contributed by atoms with E-state index >= 15 is 0 Å². The average molecular weight is 1070 g/mol. The number of phosphoric acid groups is 2. The number of allylic oxidation sites excluding steroid dienone is 9. The van der Waals surface area contributed by atoms with Crippen LogP contribution in [0.4, 0.5) is 5.82 Å². The minimum Gasteiger partial charge on any atom is -0.462 e. The van der Waals surface area contributed by atoms with Crippen molar-refractivity contribution < 1.29 is 71.4 Å². The second-order valence-electron chi connectivity index (χ2n) is 18.2. The van der Waals surface area contributed by atoms with Crippen molar-refractivity contribution >= 4 is 33.4 Å². The predicted molar refractivity (Wildman–Crippen MR) is 281 cm³/mol. The second-order valence-corrected chi connectivity index (χ2v) is 21.3. The summed E-state index contributed by atoms with van der Waals surface area (Å²) in [4.78, 5) is 61.9. The van der Waals surface area contributed by atoms with Gasteiger partial charge < -0.3 is 45.1 Å². The van der Waals surface area contributed by atoms with Crippen molar-refractivity contribution in [3.05, 3.63) is 83.5 Å². The lowest BCUT2D eigenvalue weighted by Crippen LogP contribution is -2.36. The van der Waals surface area contributed by atoms with Crippen LogP contribution >= 0.6 is 15.6 Å². The van der Waals surface area contributed by atoms with Gasteiger partial charge in [-0.05, 0) is 70.3 Å². The Hall–Kier alpha value is -3.58. The first-order valence-corrected chi connectivity index (χ1v) is 29.4. The first-order chi connectivity index (χ1) is 35.1. The van der Waals surface area contributed by atoms with Crippen molar-refractivity contribution in [1.29, 1.82) is 0 Å². The topological polar surface area (TPSA) is 286 Å². The van der Waals surface area contributed by atoms with E-state index in [1.807, 2.05) is 42.5 Å². The van der Waals surface area contributed by atoms with Gasteiger partial charge in [-0.1, -0.05) is 158 Å². The number of aromatic nitrogens is 2. The Morgan fingerprint density at radius 2 is 1.29 bits per heavy atom. The van der Waals surface area contributed by atoms with Crippen LogP contribution in [-0.4, -0.2) is 96.9 Å². The summed E-state index contributed by atoms with van der Waals surface area (Å²) in [6.45, 7) is 1.97. The molecule has 0 aromatic carbocycles. The van der Waals surface area contributed by atoms with Crippen molar-refractivity contribution in [1.82, 2.24) is 9.55 Å². The quantitative estimate of drug-likeness (QED) is 0.0117. The molecule has 416 valence electrons. The first kappa shape index (κ1) is 65.5. The third-order valence-electron chi connectivity index (χ3n) is 11.7. The fourth-order valence-electron chi connectivity index (χ4n) is 7.53. The normalized spacial score (nSPS) is 19.9. The molecule has 2 heterocycles. The van der Waals surface area contributed by atoms with Gasteiger partial charge in [0.25, 0.3) is 0 Å². The Morgan fingerprint density at radius 3 is 1.96 bits per heavy atom. The number of anilines is 1. The third-order valence-corrected chi connectivity index (χ3v) is 14.3. The fraction of sp³-hybridized carbons (Fsp3) is 0.692. The molecule has 2 unspecified atom stereocenters. The lowest BCUT2D eigenvalue weighted by molar-refractivity contribution is -0.161. The molecular formula is C52H87N3O16P2. The van der Waals surface area contributed by atoms with Gasteiger partial charge in [0.05, 0.1) is 19.3 Å². The lowest BCUT2D eigenvalue weighted by atomic mass is 10.1. The maximum absolute atomic E-state index is 12.9. The number of nitrogens with zero attached hydrogens (tertiary/aromatic N) is 2. The molecule has 1 saturated heterocycles. The molecule has 1 aliphatic rings. The van der Waals surface area contributed by atoms with Crippen LogP contribution in [0.1, 0.15) is 181 Å². The standard InChI is InChI=1S/C52H87N3O16P2/c1-3-5-7-8-9-10-11-12-13-14-15-16-19-23-26-29-33-37-48(58)69-44(40-66-47(57)36-32-28-25-22-20-17-18-21-24-27-31-35-43(56)34-30-6-4-2)41-67-72(62,63)71-73(64,65)68-42-45-49(59)50(60)51(70-45)55-39-38-46(53)54-52(55)61/h12-13,17-18,22,24-25,27,31,35,38-39,43-45,49-51,56,59-60H,3-11,14-16,19-21,23,26,28-30,32-34,36-37,40-42H2,1-2H3,(H,62,63)(H,64,65)(H2,53,54,61)/b13-12-,18-17-,25-22-,27-24-,35-31+/t43-,44-,45-,49-,50-,51-/m1/s1. The Kier molecular flexibility index (Phi) is 35.7. The Bertz CT molecular complexity index is 1980. The molecule has 0 aliphatic carbocycles. The predicted octanol–water partition coefficient (Wildman–Crippen LogP) is 10.1. The highest BCUT2D eigenvalue weighted by molar-refractivity contribution is 7.61. The molecule has 1 fully saturated rings. The molecule has 7 N–H and O–H groups in total. The monoisotopic (exact) mass is 1070 g/mol. The SMILES string of the molecule is CCCCCCCC/C=C\CCCCCCCCCC(=O)O[C@H](COC(=O)CCC/C=C\C/C=C\C/C=C\C=C\[C@H](O)CCCCC)COP(=O)(O)OP(=O)(O)OC[C@H]1O[C@@H](n2ccc(N)nc2=O)[C@H](O)[C@@H]1O. The van der Waals surface area contributed by atoms with Crippen LogP contribution in [0.2, 0.25) is 0 Å². The van der Waals surface area contributed by atoms with Gasteiger partial charge in [-0.15, -0.1) is 0 Å². The molecule has 21 heteroatoms. The number of rotatable bonds is 43. The average Bonchev–Trinajstić information content (AvgIpc) is 3.62. The van der Waals surface area contributed by atoms with E-state index in [4.69, 9.17) is 29.0 Å². The molecule has 19 nitrogen and oxygen atoms in total. The molecule has 1 aromatic rings. The Labute approximate surface area is 433 Å². The number of phosphoric ester groups is 2. The smallest absolute Gasteiger partial charge is 0.462 e. The van der Waals surface area contributed by atoms with E-state index in [0.29, 0.717) is 25.7 Å². The molecule has 0 spiro atoms. The number of hydrogen-bond donors (Lipinski definition) is 6. The molecule has 0 bridgehead atoms.